The fraction of sp³-hybridized carbons (Fsp3) is 0.462. The molecule has 18 heavy (non-hydrogen) atoms. The molecule has 0 heterocycles. The maximum absolute atomic E-state index is 11.8. The van der Waals surface area contributed by atoms with Gasteiger partial charge in [-0.2, -0.15) is 0 Å². The molecular weight excluding hydrogens is 236 g/mol. The molecular formula is C13H18O5. The van der Waals surface area contributed by atoms with Gasteiger partial charge < -0.3 is 19.3 Å². The summed E-state index contributed by atoms with van der Waals surface area (Å²) in [6.45, 7) is 0.375. The van der Waals surface area contributed by atoms with Crippen molar-refractivity contribution < 1.29 is 24.1 Å². The van der Waals surface area contributed by atoms with Gasteiger partial charge in [-0.25, -0.2) is 4.79 Å². The number of hydrogen-bond acceptors (Lipinski definition) is 5. The number of carbonyl (C=O) groups is 1. The van der Waals surface area contributed by atoms with Crippen LogP contribution in [-0.2, 0) is 4.74 Å². The fourth-order valence-corrected chi connectivity index (χ4v) is 1.50. The number of ether oxygens (including phenoxy) is 3. The predicted molar refractivity (Wildman–Crippen MR) is 66.1 cm³/mol. The van der Waals surface area contributed by atoms with Gasteiger partial charge in [0, 0.05) is 6.61 Å². The molecule has 0 atom stereocenters. The van der Waals surface area contributed by atoms with Gasteiger partial charge >= 0.3 is 5.97 Å². The quantitative estimate of drug-likeness (QED) is 0.592. The lowest BCUT2D eigenvalue weighted by Crippen LogP contribution is -2.09. The normalized spacial score (nSPS) is 9.94. The second-order valence-corrected chi connectivity index (χ2v) is 3.61. The Hall–Kier alpha value is -1.75. The summed E-state index contributed by atoms with van der Waals surface area (Å²) in [7, 11) is 2.98. The Balaban J connectivity index is 2.72. The van der Waals surface area contributed by atoms with Gasteiger partial charge in [-0.15, -0.1) is 0 Å². The van der Waals surface area contributed by atoms with E-state index in [0.717, 1.165) is 0 Å². The van der Waals surface area contributed by atoms with Crippen molar-refractivity contribution in [3.63, 3.8) is 0 Å². The van der Waals surface area contributed by atoms with Crippen LogP contribution in [0.4, 0.5) is 0 Å². The summed E-state index contributed by atoms with van der Waals surface area (Å²) in [6.07, 6.45) is 1.25. The molecule has 1 rings (SSSR count). The summed E-state index contributed by atoms with van der Waals surface area (Å²) in [4.78, 5) is 11.8. The molecule has 1 aromatic rings. The highest BCUT2D eigenvalue weighted by Gasteiger charge is 2.17. The molecule has 1 N–H and O–H groups in total. The average molecular weight is 254 g/mol. The number of aliphatic hydroxyl groups is 1. The standard InChI is InChI=1S/C13H18O5/c1-16-11-7-5-6-10(12(11)17-2)13(15)18-9-4-3-8-14/h5-7,14H,3-4,8-9H2,1-2H3. The van der Waals surface area contributed by atoms with Crippen molar-refractivity contribution in [2.24, 2.45) is 0 Å². The Bertz CT molecular complexity index is 389. The zero-order chi connectivity index (χ0) is 13.4. The number of carbonyl (C=O) groups excluding carboxylic acids is 1. The summed E-state index contributed by atoms with van der Waals surface area (Å²) in [5, 5.41) is 8.62. The van der Waals surface area contributed by atoms with Gasteiger partial charge in [0.1, 0.15) is 5.56 Å². The number of aliphatic hydroxyl groups excluding tert-OH is 1. The Morgan fingerprint density at radius 1 is 1.22 bits per heavy atom. The zero-order valence-electron chi connectivity index (χ0n) is 10.6. The van der Waals surface area contributed by atoms with E-state index in [1.54, 1.807) is 18.2 Å². The summed E-state index contributed by atoms with van der Waals surface area (Å²) < 4.78 is 15.3. The van der Waals surface area contributed by atoms with E-state index >= 15 is 0 Å². The Morgan fingerprint density at radius 2 is 2.00 bits per heavy atom. The first-order valence-corrected chi connectivity index (χ1v) is 5.73. The molecule has 0 radical (unpaired) electrons. The van der Waals surface area contributed by atoms with Crippen LogP contribution in [0, 0.1) is 0 Å². The molecule has 5 heteroatoms. The maximum atomic E-state index is 11.8. The number of esters is 1. The first-order valence-electron chi connectivity index (χ1n) is 5.73. The van der Waals surface area contributed by atoms with E-state index in [1.807, 2.05) is 0 Å². The molecule has 0 aliphatic rings. The van der Waals surface area contributed by atoms with Crippen LogP contribution in [0.2, 0.25) is 0 Å². The smallest absolute Gasteiger partial charge is 0.342 e. The SMILES string of the molecule is COc1cccc(C(=O)OCCCCO)c1OC. The molecule has 0 bridgehead atoms. The van der Waals surface area contributed by atoms with E-state index in [-0.39, 0.29) is 13.2 Å². The molecule has 0 aromatic heterocycles. The van der Waals surface area contributed by atoms with E-state index in [9.17, 15) is 4.79 Å². The summed E-state index contributed by atoms with van der Waals surface area (Å²) in [5.74, 6) is 0.401. The van der Waals surface area contributed by atoms with Crippen LogP contribution in [0.5, 0.6) is 11.5 Å². The van der Waals surface area contributed by atoms with Crippen molar-refractivity contribution in [2.45, 2.75) is 12.8 Å². The number of hydrogen-bond donors (Lipinski definition) is 1. The van der Waals surface area contributed by atoms with E-state index in [4.69, 9.17) is 19.3 Å². The Labute approximate surface area is 106 Å². The minimum absolute atomic E-state index is 0.0973. The monoisotopic (exact) mass is 254 g/mol. The predicted octanol–water partition coefficient (Wildman–Crippen LogP) is 1.63. The average Bonchev–Trinajstić information content (AvgIpc) is 2.42. The van der Waals surface area contributed by atoms with Crippen LogP contribution in [0.15, 0.2) is 18.2 Å². The second-order valence-electron chi connectivity index (χ2n) is 3.61. The van der Waals surface area contributed by atoms with E-state index < -0.39 is 5.97 Å². The van der Waals surface area contributed by atoms with E-state index in [2.05, 4.69) is 0 Å². The van der Waals surface area contributed by atoms with Crippen LogP contribution in [0.1, 0.15) is 23.2 Å². The molecule has 0 spiro atoms. The third-order valence-corrected chi connectivity index (χ3v) is 2.41. The molecule has 0 aliphatic carbocycles. The van der Waals surface area contributed by atoms with Crippen molar-refractivity contribution in [3.05, 3.63) is 23.8 Å². The minimum Gasteiger partial charge on any atom is -0.493 e. The van der Waals surface area contributed by atoms with Gasteiger partial charge in [0.25, 0.3) is 0 Å². The molecule has 0 fully saturated rings. The second kappa shape index (κ2) is 7.55. The van der Waals surface area contributed by atoms with Crippen LogP contribution in [0.3, 0.4) is 0 Å². The summed E-state index contributed by atoms with van der Waals surface area (Å²) >= 11 is 0. The molecule has 0 saturated heterocycles. The molecule has 1 aromatic carbocycles. The highest BCUT2D eigenvalue weighted by atomic mass is 16.5. The van der Waals surface area contributed by atoms with Crippen molar-refractivity contribution >= 4 is 5.97 Å². The third-order valence-electron chi connectivity index (χ3n) is 2.41. The van der Waals surface area contributed by atoms with Gasteiger partial charge in [0.2, 0.25) is 0 Å². The maximum Gasteiger partial charge on any atom is 0.342 e. The third kappa shape index (κ3) is 3.63. The van der Waals surface area contributed by atoms with Crippen molar-refractivity contribution in [1.29, 1.82) is 0 Å². The lowest BCUT2D eigenvalue weighted by molar-refractivity contribution is 0.0488. The Kier molecular flexibility index (Phi) is 6.00. The fourth-order valence-electron chi connectivity index (χ4n) is 1.50. The van der Waals surface area contributed by atoms with Crippen molar-refractivity contribution in [1.82, 2.24) is 0 Å². The minimum atomic E-state index is -0.455. The highest BCUT2D eigenvalue weighted by molar-refractivity contribution is 5.93. The number of benzene rings is 1. The van der Waals surface area contributed by atoms with Gasteiger partial charge in [-0.1, -0.05) is 6.07 Å². The molecule has 0 amide bonds. The van der Waals surface area contributed by atoms with Gasteiger partial charge in [0.05, 0.1) is 20.8 Å². The zero-order valence-corrected chi connectivity index (χ0v) is 10.6. The lowest BCUT2D eigenvalue weighted by atomic mass is 10.2. The van der Waals surface area contributed by atoms with Crippen LogP contribution < -0.4 is 9.47 Å². The van der Waals surface area contributed by atoms with Crippen molar-refractivity contribution in [2.75, 3.05) is 27.4 Å². The van der Waals surface area contributed by atoms with Crippen LogP contribution in [-0.4, -0.2) is 38.5 Å². The van der Waals surface area contributed by atoms with Crippen LogP contribution in [0.25, 0.3) is 0 Å². The largest absolute Gasteiger partial charge is 0.493 e. The molecule has 0 unspecified atom stereocenters. The molecule has 5 nitrogen and oxygen atoms in total. The number of para-hydroxylation sites is 1. The molecule has 100 valence electrons. The van der Waals surface area contributed by atoms with Crippen LogP contribution >= 0.6 is 0 Å². The molecule has 0 saturated carbocycles. The van der Waals surface area contributed by atoms with Crippen molar-refractivity contribution in [3.8, 4) is 11.5 Å². The topological polar surface area (TPSA) is 65.0 Å². The first-order chi connectivity index (χ1) is 8.74. The number of unbranched alkanes of at least 4 members (excludes halogenated alkanes) is 1. The number of rotatable bonds is 7. The highest BCUT2D eigenvalue weighted by Crippen LogP contribution is 2.31. The summed E-state index contributed by atoms with van der Waals surface area (Å²) in [5.41, 5.74) is 0.334. The first kappa shape index (κ1) is 14.3. The summed E-state index contributed by atoms with van der Waals surface area (Å²) in [6, 6.07) is 5.03. The van der Waals surface area contributed by atoms with E-state index in [1.165, 1.54) is 14.2 Å². The van der Waals surface area contributed by atoms with Gasteiger partial charge in [0.15, 0.2) is 11.5 Å². The lowest BCUT2D eigenvalue weighted by Gasteiger charge is -2.11. The van der Waals surface area contributed by atoms with E-state index in [0.29, 0.717) is 29.9 Å². The number of methoxy groups -OCH3 is 2. The molecule has 0 aliphatic heterocycles. The Morgan fingerprint density at radius 3 is 2.61 bits per heavy atom. The van der Waals surface area contributed by atoms with Gasteiger partial charge in [-0.3, -0.25) is 0 Å². The van der Waals surface area contributed by atoms with Gasteiger partial charge in [-0.05, 0) is 25.0 Å².